The van der Waals surface area contributed by atoms with Gasteiger partial charge in [0.1, 0.15) is 11.4 Å². The van der Waals surface area contributed by atoms with Crippen LogP contribution in [-0.2, 0) is 0 Å². The van der Waals surface area contributed by atoms with E-state index in [1.807, 2.05) is 31.2 Å². The Morgan fingerprint density at radius 1 is 1.30 bits per heavy atom. The summed E-state index contributed by atoms with van der Waals surface area (Å²) in [6.45, 7) is 1.83. The van der Waals surface area contributed by atoms with Gasteiger partial charge in [-0.1, -0.05) is 5.16 Å². The van der Waals surface area contributed by atoms with Crippen molar-refractivity contribution < 1.29 is 9.94 Å². The molecule has 6 nitrogen and oxygen atoms in total. The van der Waals surface area contributed by atoms with Gasteiger partial charge in [0, 0.05) is 10.6 Å². The first kappa shape index (κ1) is 14.1. The lowest BCUT2D eigenvalue weighted by atomic mass is 10.3. The van der Waals surface area contributed by atoms with E-state index in [0.29, 0.717) is 10.9 Å². The fourth-order valence-electron chi connectivity index (χ4n) is 1.52. The van der Waals surface area contributed by atoms with E-state index in [1.54, 1.807) is 13.2 Å². The van der Waals surface area contributed by atoms with Gasteiger partial charge in [-0.3, -0.25) is 0 Å². The molecule has 1 heterocycles. The SMILES string of the molecule is COc1ccc(Sc2nc(C)cc(/C(N)=N/O)n2)cc1. The van der Waals surface area contributed by atoms with Crippen molar-refractivity contribution in [1.82, 2.24) is 9.97 Å². The van der Waals surface area contributed by atoms with Crippen molar-refractivity contribution in [3.05, 3.63) is 41.7 Å². The summed E-state index contributed by atoms with van der Waals surface area (Å²) in [4.78, 5) is 9.54. The van der Waals surface area contributed by atoms with Crippen LogP contribution in [0.25, 0.3) is 0 Å². The molecule has 0 aliphatic rings. The van der Waals surface area contributed by atoms with Crippen molar-refractivity contribution in [1.29, 1.82) is 0 Å². The molecule has 0 fully saturated rings. The average Bonchev–Trinajstić information content (AvgIpc) is 2.46. The number of rotatable bonds is 4. The molecule has 0 atom stereocenters. The third kappa shape index (κ3) is 3.39. The Hall–Kier alpha value is -2.28. The summed E-state index contributed by atoms with van der Waals surface area (Å²) in [6, 6.07) is 9.22. The monoisotopic (exact) mass is 290 g/mol. The predicted octanol–water partition coefficient (Wildman–Crippen LogP) is 2.04. The van der Waals surface area contributed by atoms with Crippen LogP contribution in [0.4, 0.5) is 0 Å². The molecule has 1 aromatic heterocycles. The maximum Gasteiger partial charge on any atom is 0.193 e. The van der Waals surface area contributed by atoms with Crippen molar-refractivity contribution in [3.63, 3.8) is 0 Å². The number of nitrogens with two attached hydrogens (primary N) is 1. The summed E-state index contributed by atoms with van der Waals surface area (Å²) < 4.78 is 5.10. The molecule has 2 rings (SSSR count). The second-order valence-corrected chi connectivity index (χ2v) is 4.98. The van der Waals surface area contributed by atoms with Crippen molar-refractivity contribution in [2.45, 2.75) is 17.0 Å². The third-order valence-electron chi connectivity index (χ3n) is 2.47. The van der Waals surface area contributed by atoms with Gasteiger partial charge in [-0.15, -0.1) is 0 Å². The highest BCUT2D eigenvalue weighted by atomic mass is 32.2. The predicted molar refractivity (Wildman–Crippen MR) is 76.4 cm³/mol. The van der Waals surface area contributed by atoms with Gasteiger partial charge < -0.3 is 15.7 Å². The molecule has 0 aliphatic carbocycles. The number of methoxy groups -OCH3 is 1. The van der Waals surface area contributed by atoms with Crippen molar-refractivity contribution >= 4 is 17.6 Å². The fraction of sp³-hybridized carbons (Fsp3) is 0.154. The zero-order valence-electron chi connectivity index (χ0n) is 11.1. The fourth-order valence-corrected chi connectivity index (χ4v) is 2.34. The number of ether oxygens (including phenoxy) is 1. The zero-order valence-corrected chi connectivity index (χ0v) is 11.9. The molecule has 3 N–H and O–H groups in total. The minimum Gasteiger partial charge on any atom is -0.497 e. The van der Waals surface area contributed by atoms with Crippen molar-refractivity contribution in [2.75, 3.05) is 7.11 Å². The van der Waals surface area contributed by atoms with Crippen LogP contribution in [0.3, 0.4) is 0 Å². The summed E-state index contributed by atoms with van der Waals surface area (Å²) >= 11 is 1.39. The zero-order chi connectivity index (χ0) is 14.5. The number of aryl methyl sites for hydroxylation is 1. The second kappa shape index (κ2) is 6.25. The lowest BCUT2D eigenvalue weighted by Crippen LogP contribution is -2.16. The number of hydrogen-bond donors (Lipinski definition) is 2. The van der Waals surface area contributed by atoms with E-state index >= 15 is 0 Å². The maximum absolute atomic E-state index is 8.70. The van der Waals surface area contributed by atoms with Crippen molar-refractivity contribution in [3.8, 4) is 5.75 Å². The minimum atomic E-state index is -0.0351. The number of hydrogen-bond acceptors (Lipinski definition) is 6. The Labute approximate surface area is 120 Å². The van der Waals surface area contributed by atoms with Crippen LogP contribution >= 0.6 is 11.8 Å². The molecule has 0 radical (unpaired) electrons. The molecule has 0 saturated heterocycles. The lowest BCUT2D eigenvalue weighted by molar-refractivity contribution is 0.318. The van der Waals surface area contributed by atoms with Crippen LogP contribution < -0.4 is 10.5 Å². The Morgan fingerprint density at radius 3 is 2.60 bits per heavy atom. The molecule has 20 heavy (non-hydrogen) atoms. The highest BCUT2D eigenvalue weighted by molar-refractivity contribution is 7.99. The summed E-state index contributed by atoms with van der Waals surface area (Å²) in [6.07, 6.45) is 0. The molecule has 0 spiro atoms. The molecule has 0 unspecified atom stereocenters. The maximum atomic E-state index is 8.70. The van der Waals surface area contributed by atoms with Crippen LogP contribution in [-0.4, -0.2) is 28.1 Å². The van der Waals surface area contributed by atoms with Crippen LogP contribution in [0.15, 0.2) is 45.5 Å². The Balaban J connectivity index is 2.26. The van der Waals surface area contributed by atoms with Gasteiger partial charge in [0.15, 0.2) is 11.0 Å². The van der Waals surface area contributed by atoms with E-state index < -0.39 is 0 Å². The number of amidine groups is 1. The first-order chi connectivity index (χ1) is 9.62. The van der Waals surface area contributed by atoms with E-state index in [1.165, 1.54) is 11.8 Å². The molecule has 1 aromatic carbocycles. The van der Waals surface area contributed by atoms with E-state index in [4.69, 9.17) is 15.7 Å². The molecule has 2 aromatic rings. The standard InChI is InChI=1S/C13H14N4O2S/c1-8-7-11(12(14)17-18)16-13(15-8)20-10-5-3-9(19-2)4-6-10/h3-7,18H,1-2H3,(H2,14,17). The highest BCUT2D eigenvalue weighted by Gasteiger charge is 2.08. The minimum absolute atomic E-state index is 0.0351. The second-order valence-electron chi connectivity index (χ2n) is 3.94. The van der Waals surface area contributed by atoms with Gasteiger partial charge in [-0.2, -0.15) is 0 Å². The third-order valence-corrected chi connectivity index (χ3v) is 3.35. The van der Waals surface area contributed by atoms with Gasteiger partial charge in [0.05, 0.1) is 7.11 Å². The van der Waals surface area contributed by atoms with E-state index in [-0.39, 0.29) is 5.84 Å². The first-order valence-electron chi connectivity index (χ1n) is 5.78. The Kier molecular flexibility index (Phi) is 4.41. The molecule has 0 saturated carbocycles. The van der Waals surface area contributed by atoms with Crippen molar-refractivity contribution in [2.24, 2.45) is 10.9 Å². The molecular formula is C13H14N4O2S. The van der Waals surface area contributed by atoms with Crippen LogP contribution in [0.5, 0.6) is 5.75 Å². The summed E-state index contributed by atoms with van der Waals surface area (Å²) in [5.74, 6) is 0.754. The van der Waals surface area contributed by atoms with Gasteiger partial charge >= 0.3 is 0 Å². The van der Waals surface area contributed by atoms with E-state index in [0.717, 1.165) is 16.3 Å². The van der Waals surface area contributed by atoms with Crippen LogP contribution in [0, 0.1) is 6.92 Å². The normalized spacial score (nSPS) is 11.4. The molecule has 0 bridgehead atoms. The largest absolute Gasteiger partial charge is 0.497 e. The summed E-state index contributed by atoms with van der Waals surface area (Å²) in [7, 11) is 1.62. The number of nitrogens with zero attached hydrogens (tertiary/aromatic N) is 3. The van der Waals surface area contributed by atoms with E-state index in [2.05, 4.69) is 15.1 Å². The van der Waals surface area contributed by atoms with E-state index in [9.17, 15) is 0 Å². The first-order valence-corrected chi connectivity index (χ1v) is 6.59. The lowest BCUT2D eigenvalue weighted by Gasteiger charge is -2.05. The van der Waals surface area contributed by atoms with Gasteiger partial charge in [-0.05, 0) is 49.0 Å². The molecule has 104 valence electrons. The molecule has 0 amide bonds. The summed E-state index contributed by atoms with van der Waals surface area (Å²) in [5, 5.41) is 12.2. The number of benzene rings is 1. The molecule has 0 aliphatic heterocycles. The Morgan fingerprint density at radius 2 is 2.00 bits per heavy atom. The quantitative estimate of drug-likeness (QED) is 0.294. The Bertz CT molecular complexity index is 629. The number of oxime groups is 1. The molecule has 7 heteroatoms. The van der Waals surface area contributed by atoms with Gasteiger partial charge in [0.25, 0.3) is 0 Å². The summed E-state index contributed by atoms with van der Waals surface area (Å²) in [5.41, 5.74) is 6.69. The topological polar surface area (TPSA) is 93.6 Å². The van der Waals surface area contributed by atoms with Crippen LogP contribution in [0.2, 0.25) is 0 Å². The smallest absolute Gasteiger partial charge is 0.193 e. The van der Waals surface area contributed by atoms with Gasteiger partial charge in [0.2, 0.25) is 0 Å². The average molecular weight is 290 g/mol. The number of aromatic nitrogens is 2. The van der Waals surface area contributed by atoms with Gasteiger partial charge in [-0.25, -0.2) is 9.97 Å². The molecular weight excluding hydrogens is 276 g/mol. The highest BCUT2D eigenvalue weighted by Crippen LogP contribution is 2.26. The van der Waals surface area contributed by atoms with Crippen LogP contribution in [0.1, 0.15) is 11.4 Å².